The lowest BCUT2D eigenvalue weighted by Gasteiger charge is -2.22. The molecule has 1 atom stereocenters. The van der Waals surface area contributed by atoms with Gasteiger partial charge in [0.05, 0.1) is 18.7 Å². The maximum absolute atomic E-state index is 12.7. The molecule has 0 saturated carbocycles. The van der Waals surface area contributed by atoms with E-state index in [0.717, 1.165) is 11.1 Å². The zero-order valence-electron chi connectivity index (χ0n) is 16.2. The second-order valence-corrected chi connectivity index (χ2v) is 6.86. The zero-order valence-corrected chi connectivity index (χ0v) is 16.2. The molecule has 28 heavy (non-hydrogen) atoms. The molecule has 0 bridgehead atoms. The van der Waals surface area contributed by atoms with Crippen LogP contribution in [0.3, 0.4) is 0 Å². The molecule has 1 amide bonds. The summed E-state index contributed by atoms with van der Waals surface area (Å²) in [7, 11) is 0. The van der Waals surface area contributed by atoms with E-state index in [1.807, 2.05) is 26.0 Å². The molecule has 0 fully saturated rings. The van der Waals surface area contributed by atoms with Gasteiger partial charge in [-0.05, 0) is 44.5 Å². The summed E-state index contributed by atoms with van der Waals surface area (Å²) >= 11 is 0. The van der Waals surface area contributed by atoms with Crippen molar-refractivity contribution in [3.8, 4) is 5.75 Å². The number of carbonyl (C=O) groups excluding carboxylic acids is 3. The first kappa shape index (κ1) is 19.6. The van der Waals surface area contributed by atoms with Gasteiger partial charge in [0, 0.05) is 5.56 Å². The molecule has 1 heterocycles. The lowest BCUT2D eigenvalue weighted by Crippen LogP contribution is -2.38. The van der Waals surface area contributed by atoms with Crippen LogP contribution in [0.4, 0.5) is 5.69 Å². The van der Waals surface area contributed by atoms with Gasteiger partial charge in [0.2, 0.25) is 11.7 Å². The third-order valence-electron chi connectivity index (χ3n) is 4.65. The number of ketones is 1. The summed E-state index contributed by atoms with van der Waals surface area (Å²) in [5, 5.41) is 0. The van der Waals surface area contributed by atoms with Gasteiger partial charge in [0.1, 0.15) is 12.3 Å². The number of Topliss-reactive ketones (excluding diaryl/α,β-unsaturated/α-hetero) is 1. The Hall–Kier alpha value is -3.15. The number of para-hydroxylation sites is 2. The smallest absolute Gasteiger partial charge is 0.326 e. The Labute approximate surface area is 164 Å². The largest absolute Gasteiger partial charge is 0.491 e. The fourth-order valence-corrected chi connectivity index (χ4v) is 3.13. The Morgan fingerprint density at radius 2 is 1.93 bits per heavy atom. The van der Waals surface area contributed by atoms with Gasteiger partial charge in [-0.3, -0.25) is 19.3 Å². The number of amides is 1. The molecule has 6 heteroatoms. The first-order chi connectivity index (χ1) is 13.4. The lowest BCUT2D eigenvalue weighted by molar-refractivity contribution is -0.145. The minimum Gasteiger partial charge on any atom is -0.491 e. The molecule has 0 aliphatic carbocycles. The van der Waals surface area contributed by atoms with Gasteiger partial charge < -0.3 is 9.47 Å². The quantitative estimate of drug-likeness (QED) is 0.587. The van der Waals surface area contributed by atoms with E-state index in [-0.39, 0.29) is 31.3 Å². The summed E-state index contributed by atoms with van der Waals surface area (Å²) in [6.07, 6.45) is -0.777. The zero-order chi connectivity index (χ0) is 20.3. The summed E-state index contributed by atoms with van der Waals surface area (Å²) in [6, 6.07) is 12.6. The highest BCUT2D eigenvalue weighted by molar-refractivity contribution is 6.03. The Balaban J connectivity index is 1.72. The highest BCUT2D eigenvalue weighted by Crippen LogP contribution is 2.30. The summed E-state index contributed by atoms with van der Waals surface area (Å²) in [5.41, 5.74) is 2.84. The van der Waals surface area contributed by atoms with Crippen molar-refractivity contribution in [2.75, 3.05) is 18.1 Å². The molecule has 0 radical (unpaired) electrons. The van der Waals surface area contributed by atoms with Crippen LogP contribution in [-0.2, 0) is 14.3 Å². The van der Waals surface area contributed by atoms with E-state index >= 15 is 0 Å². The van der Waals surface area contributed by atoms with Crippen molar-refractivity contribution in [2.45, 2.75) is 33.3 Å². The summed E-state index contributed by atoms with van der Waals surface area (Å²) in [4.78, 5) is 38.9. The predicted molar refractivity (Wildman–Crippen MR) is 105 cm³/mol. The van der Waals surface area contributed by atoms with E-state index in [9.17, 15) is 14.4 Å². The molecule has 0 spiro atoms. The van der Waals surface area contributed by atoms with Crippen LogP contribution in [-0.4, -0.2) is 36.9 Å². The average molecular weight is 381 g/mol. The number of hydrogen-bond acceptors (Lipinski definition) is 5. The fraction of sp³-hybridized carbons (Fsp3) is 0.318. The van der Waals surface area contributed by atoms with Gasteiger partial charge in [-0.15, -0.1) is 0 Å². The average Bonchev–Trinajstić information content (AvgIpc) is 2.82. The maximum atomic E-state index is 12.7. The molecule has 0 N–H and O–H groups in total. The molecule has 2 aromatic carbocycles. The number of nitrogens with zero attached hydrogens (tertiary/aromatic N) is 1. The van der Waals surface area contributed by atoms with Crippen molar-refractivity contribution < 1.29 is 23.9 Å². The third kappa shape index (κ3) is 4.22. The second kappa shape index (κ2) is 8.25. The number of benzene rings is 2. The number of carbonyl (C=O) groups is 3. The van der Waals surface area contributed by atoms with Crippen LogP contribution < -0.4 is 9.64 Å². The summed E-state index contributed by atoms with van der Waals surface area (Å²) in [6.45, 7) is 5.27. The van der Waals surface area contributed by atoms with Gasteiger partial charge in [-0.2, -0.15) is 0 Å². The van der Waals surface area contributed by atoms with Gasteiger partial charge in [-0.1, -0.05) is 29.8 Å². The van der Waals surface area contributed by atoms with Crippen LogP contribution in [0.25, 0.3) is 0 Å². The Morgan fingerprint density at radius 3 is 2.71 bits per heavy atom. The standard InChI is InChI=1S/C22H23NO5/c1-14-8-9-15(2)17(12-14)22(26)16(3)28-21(25)13-23-18-6-4-5-7-19(18)27-11-10-20(23)24/h4-9,12,16H,10-11,13H2,1-3H3/t16-/m1/s1. The van der Waals surface area contributed by atoms with Crippen molar-refractivity contribution in [3.05, 3.63) is 59.2 Å². The van der Waals surface area contributed by atoms with Crippen LogP contribution >= 0.6 is 0 Å². The number of ether oxygens (including phenoxy) is 2. The fourth-order valence-electron chi connectivity index (χ4n) is 3.13. The van der Waals surface area contributed by atoms with E-state index in [1.165, 1.54) is 4.90 Å². The van der Waals surface area contributed by atoms with Crippen molar-refractivity contribution in [1.82, 2.24) is 0 Å². The molecule has 0 aromatic heterocycles. The van der Waals surface area contributed by atoms with Crippen LogP contribution in [0.5, 0.6) is 5.75 Å². The molecular weight excluding hydrogens is 358 g/mol. The molecule has 146 valence electrons. The van der Waals surface area contributed by atoms with E-state index < -0.39 is 12.1 Å². The van der Waals surface area contributed by atoms with Crippen molar-refractivity contribution in [3.63, 3.8) is 0 Å². The number of aryl methyl sites for hydroxylation is 2. The van der Waals surface area contributed by atoms with Crippen LogP contribution in [0.1, 0.15) is 34.8 Å². The first-order valence-corrected chi connectivity index (χ1v) is 9.20. The highest BCUT2D eigenvalue weighted by atomic mass is 16.5. The number of fused-ring (bicyclic) bond motifs is 1. The van der Waals surface area contributed by atoms with Gasteiger partial charge in [0.25, 0.3) is 0 Å². The maximum Gasteiger partial charge on any atom is 0.326 e. The monoisotopic (exact) mass is 381 g/mol. The molecule has 0 saturated heterocycles. The van der Waals surface area contributed by atoms with Crippen LogP contribution in [0.2, 0.25) is 0 Å². The molecule has 1 aliphatic heterocycles. The number of esters is 1. The SMILES string of the molecule is Cc1ccc(C)c(C(=O)[C@@H](C)OC(=O)CN2C(=O)CCOc3ccccc32)c1. The predicted octanol–water partition coefficient (Wildman–Crippen LogP) is 3.23. The van der Waals surface area contributed by atoms with E-state index in [0.29, 0.717) is 17.0 Å². The molecule has 6 nitrogen and oxygen atoms in total. The van der Waals surface area contributed by atoms with Crippen LogP contribution in [0, 0.1) is 13.8 Å². The van der Waals surface area contributed by atoms with Crippen molar-refractivity contribution in [1.29, 1.82) is 0 Å². The summed E-state index contributed by atoms with van der Waals surface area (Å²) in [5.74, 6) is -0.590. The summed E-state index contributed by atoms with van der Waals surface area (Å²) < 4.78 is 10.9. The minimum atomic E-state index is -0.943. The molecule has 1 aliphatic rings. The number of anilines is 1. The Kier molecular flexibility index (Phi) is 5.78. The van der Waals surface area contributed by atoms with E-state index in [4.69, 9.17) is 9.47 Å². The van der Waals surface area contributed by atoms with Gasteiger partial charge in [0.15, 0.2) is 6.10 Å². The van der Waals surface area contributed by atoms with Gasteiger partial charge >= 0.3 is 5.97 Å². The van der Waals surface area contributed by atoms with Gasteiger partial charge in [-0.25, -0.2) is 0 Å². The Morgan fingerprint density at radius 1 is 1.18 bits per heavy atom. The van der Waals surface area contributed by atoms with E-state index in [2.05, 4.69) is 0 Å². The van der Waals surface area contributed by atoms with Crippen molar-refractivity contribution >= 4 is 23.3 Å². The molecule has 2 aromatic rings. The minimum absolute atomic E-state index is 0.166. The van der Waals surface area contributed by atoms with Crippen LogP contribution in [0.15, 0.2) is 42.5 Å². The third-order valence-corrected chi connectivity index (χ3v) is 4.65. The van der Waals surface area contributed by atoms with E-state index in [1.54, 1.807) is 37.3 Å². The lowest BCUT2D eigenvalue weighted by atomic mass is 9.99. The highest BCUT2D eigenvalue weighted by Gasteiger charge is 2.27. The first-order valence-electron chi connectivity index (χ1n) is 9.20. The topological polar surface area (TPSA) is 72.9 Å². The Bertz CT molecular complexity index is 921. The van der Waals surface area contributed by atoms with Crippen molar-refractivity contribution in [2.24, 2.45) is 0 Å². The number of hydrogen-bond donors (Lipinski definition) is 0. The molecular formula is C22H23NO5. The normalized spacial score (nSPS) is 14.5. The number of rotatable bonds is 5. The molecule has 0 unspecified atom stereocenters. The second-order valence-electron chi connectivity index (χ2n) is 6.86. The molecule has 3 rings (SSSR count).